The smallest absolute Gasteiger partial charge is 0.317 e. The Kier molecular flexibility index (Phi) is 5.15. The summed E-state index contributed by atoms with van der Waals surface area (Å²) in [6.07, 6.45) is 2.56. The van der Waals surface area contributed by atoms with Gasteiger partial charge in [-0.25, -0.2) is 4.79 Å². The Morgan fingerprint density at radius 2 is 2.21 bits per heavy atom. The van der Waals surface area contributed by atoms with E-state index in [1.54, 1.807) is 0 Å². The molecule has 2 amide bonds. The number of thioether (sulfide) groups is 1. The summed E-state index contributed by atoms with van der Waals surface area (Å²) in [5, 5.41) is 3.64. The monoisotopic (exact) mass is 216 g/mol. The third-order valence-electron chi connectivity index (χ3n) is 2.56. The molecule has 1 N–H and O–H groups in total. The maximum atomic E-state index is 11.6. The molecule has 1 unspecified atom stereocenters. The van der Waals surface area contributed by atoms with Crippen LogP contribution in [0.5, 0.6) is 0 Å². The first-order valence-corrected chi connectivity index (χ1v) is 6.47. The van der Waals surface area contributed by atoms with Crippen LogP contribution >= 0.6 is 11.8 Å². The molecule has 1 aliphatic heterocycles. The molecular weight excluding hydrogens is 196 g/mol. The fourth-order valence-electron chi connectivity index (χ4n) is 1.63. The highest BCUT2D eigenvalue weighted by Gasteiger charge is 2.17. The van der Waals surface area contributed by atoms with Gasteiger partial charge in [-0.05, 0) is 32.4 Å². The van der Waals surface area contributed by atoms with E-state index in [1.807, 2.05) is 30.5 Å². The first-order valence-electron chi connectivity index (χ1n) is 5.42. The minimum Gasteiger partial charge on any atom is -0.337 e. The highest BCUT2D eigenvalue weighted by atomic mass is 32.2. The van der Waals surface area contributed by atoms with Crippen molar-refractivity contribution < 1.29 is 4.79 Å². The van der Waals surface area contributed by atoms with E-state index < -0.39 is 0 Å². The first kappa shape index (κ1) is 11.7. The van der Waals surface area contributed by atoms with Crippen molar-refractivity contribution in [2.45, 2.75) is 31.9 Å². The molecule has 0 radical (unpaired) electrons. The summed E-state index contributed by atoms with van der Waals surface area (Å²) < 4.78 is 0. The first-order chi connectivity index (χ1) is 6.77. The Morgan fingerprint density at radius 3 is 2.71 bits per heavy atom. The van der Waals surface area contributed by atoms with Crippen molar-refractivity contribution in [3.05, 3.63) is 0 Å². The molecule has 1 atom stereocenters. The van der Waals surface area contributed by atoms with Gasteiger partial charge >= 0.3 is 6.03 Å². The van der Waals surface area contributed by atoms with Crippen LogP contribution in [-0.4, -0.2) is 41.6 Å². The maximum absolute atomic E-state index is 11.6. The van der Waals surface area contributed by atoms with Gasteiger partial charge in [0.1, 0.15) is 0 Å². The molecule has 0 saturated carbocycles. The van der Waals surface area contributed by atoms with Crippen molar-refractivity contribution in [3.63, 3.8) is 0 Å². The number of hydrogen-bond donors (Lipinski definition) is 1. The van der Waals surface area contributed by atoms with Crippen LogP contribution in [0.3, 0.4) is 0 Å². The van der Waals surface area contributed by atoms with E-state index in [4.69, 9.17) is 0 Å². The lowest BCUT2D eigenvalue weighted by Gasteiger charge is -2.20. The number of nitrogens with zero attached hydrogens (tertiary/aromatic N) is 1. The van der Waals surface area contributed by atoms with Crippen molar-refractivity contribution in [2.24, 2.45) is 0 Å². The normalized spacial score (nSPS) is 20.9. The Bertz CT molecular complexity index is 177. The minimum atomic E-state index is 0.0856. The van der Waals surface area contributed by atoms with Crippen LogP contribution in [0, 0.1) is 0 Å². The Morgan fingerprint density at radius 1 is 1.50 bits per heavy atom. The zero-order valence-corrected chi connectivity index (χ0v) is 9.90. The summed E-state index contributed by atoms with van der Waals surface area (Å²) in [7, 11) is 0. The van der Waals surface area contributed by atoms with Crippen molar-refractivity contribution >= 4 is 17.8 Å². The average molecular weight is 216 g/mol. The number of hydrogen-bond acceptors (Lipinski definition) is 2. The lowest BCUT2D eigenvalue weighted by molar-refractivity contribution is 0.203. The van der Waals surface area contributed by atoms with E-state index in [0.717, 1.165) is 19.6 Å². The van der Waals surface area contributed by atoms with Crippen LogP contribution < -0.4 is 5.32 Å². The number of amides is 2. The minimum absolute atomic E-state index is 0.0856. The van der Waals surface area contributed by atoms with E-state index in [-0.39, 0.29) is 6.03 Å². The van der Waals surface area contributed by atoms with Gasteiger partial charge in [-0.15, -0.1) is 0 Å². The van der Waals surface area contributed by atoms with Crippen molar-refractivity contribution in [1.29, 1.82) is 0 Å². The van der Waals surface area contributed by atoms with Gasteiger partial charge in [0, 0.05) is 24.9 Å². The summed E-state index contributed by atoms with van der Waals surface area (Å²) in [6.45, 7) is 6.43. The van der Waals surface area contributed by atoms with E-state index in [0.29, 0.717) is 5.25 Å². The number of carbonyl (C=O) groups is 1. The topological polar surface area (TPSA) is 32.3 Å². The number of nitrogens with one attached hydrogen (secondary N) is 1. The average Bonchev–Trinajstić information content (AvgIpc) is 2.69. The van der Waals surface area contributed by atoms with Gasteiger partial charge in [0.25, 0.3) is 0 Å². The Hall–Kier alpha value is -0.380. The van der Waals surface area contributed by atoms with Gasteiger partial charge < -0.3 is 10.2 Å². The molecule has 0 aromatic rings. The van der Waals surface area contributed by atoms with Gasteiger partial charge in [0.2, 0.25) is 0 Å². The third kappa shape index (κ3) is 3.40. The lowest BCUT2D eigenvalue weighted by Crippen LogP contribution is -2.41. The molecule has 0 aliphatic carbocycles. The van der Waals surface area contributed by atoms with Crippen LogP contribution in [-0.2, 0) is 0 Å². The van der Waals surface area contributed by atoms with E-state index in [9.17, 15) is 4.79 Å². The van der Waals surface area contributed by atoms with Crippen LogP contribution in [0.25, 0.3) is 0 Å². The number of urea groups is 1. The molecule has 3 nitrogen and oxygen atoms in total. The predicted octanol–water partition coefficient (Wildman–Crippen LogP) is 1.93. The third-order valence-corrected chi connectivity index (χ3v) is 3.95. The SMILES string of the molecule is CCN(CC)C(=O)NCC1CCCS1. The molecule has 0 aromatic carbocycles. The van der Waals surface area contributed by atoms with E-state index in [1.165, 1.54) is 18.6 Å². The fourth-order valence-corrected chi connectivity index (χ4v) is 2.83. The summed E-state index contributed by atoms with van der Waals surface area (Å²) in [4.78, 5) is 13.4. The highest BCUT2D eigenvalue weighted by molar-refractivity contribution is 8.00. The van der Waals surface area contributed by atoms with Gasteiger partial charge in [0.05, 0.1) is 0 Å². The molecule has 4 heteroatoms. The Labute approximate surface area is 90.6 Å². The second-order valence-corrected chi connectivity index (χ2v) is 4.90. The molecule has 1 aliphatic rings. The molecular formula is C10H20N2OS. The standard InChI is InChI=1S/C10H20N2OS/c1-3-12(4-2)10(13)11-8-9-6-5-7-14-9/h9H,3-8H2,1-2H3,(H,11,13). The molecule has 0 spiro atoms. The summed E-state index contributed by atoms with van der Waals surface area (Å²) in [5.41, 5.74) is 0. The summed E-state index contributed by atoms with van der Waals surface area (Å²) >= 11 is 1.98. The zero-order valence-electron chi connectivity index (χ0n) is 9.08. The van der Waals surface area contributed by atoms with Crippen molar-refractivity contribution in [1.82, 2.24) is 10.2 Å². The summed E-state index contributed by atoms with van der Waals surface area (Å²) in [6, 6.07) is 0.0856. The van der Waals surface area contributed by atoms with Crippen LogP contribution in [0.2, 0.25) is 0 Å². The van der Waals surface area contributed by atoms with E-state index >= 15 is 0 Å². The van der Waals surface area contributed by atoms with Gasteiger partial charge in [0.15, 0.2) is 0 Å². The quantitative estimate of drug-likeness (QED) is 0.779. The van der Waals surface area contributed by atoms with Crippen molar-refractivity contribution in [2.75, 3.05) is 25.4 Å². The zero-order chi connectivity index (χ0) is 10.4. The van der Waals surface area contributed by atoms with Crippen LogP contribution in [0.1, 0.15) is 26.7 Å². The molecule has 1 fully saturated rings. The fraction of sp³-hybridized carbons (Fsp3) is 0.900. The highest BCUT2D eigenvalue weighted by Crippen LogP contribution is 2.25. The molecule has 1 rings (SSSR count). The van der Waals surface area contributed by atoms with E-state index in [2.05, 4.69) is 5.32 Å². The van der Waals surface area contributed by atoms with Crippen LogP contribution in [0.15, 0.2) is 0 Å². The molecule has 1 heterocycles. The molecule has 1 saturated heterocycles. The largest absolute Gasteiger partial charge is 0.337 e. The number of rotatable bonds is 4. The van der Waals surface area contributed by atoms with Gasteiger partial charge in [-0.2, -0.15) is 11.8 Å². The second kappa shape index (κ2) is 6.17. The van der Waals surface area contributed by atoms with Gasteiger partial charge in [-0.1, -0.05) is 0 Å². The van der Waals surface area contributed by atoms with Crippen molar-refractivity contribution in [3.8, 4) is 0 Å². The van der Waals surface area contributed by atoms with Crippen LogP contribution in [0.4, 0.5) is 4.79 Å². The summed E-state index contributed by atoms with van der Waals surface area (Å²) in [5.74, 6) is 1.26. The maximum Gasteiger partial charge on any atom is 0.317 e. The Balaban J connectivity index is 2.18. The predicted molar refractivity (Wildman–Crippen MR) is 61.8 cm³/mol. The lowest BCUT2D eigenvalue weighted by atomic mass is 10.2. The molecule has 82 valence electrons. The molecule has 0 bridgehead atoms. The van der Waals surface area contributed by atoms with Gasteiger partial charge in [-0.3, -0.25) is 0 Å². The second-order valence-electron chi connectivity index (χ2n) is 3.49. The molecule has 0 aromatic heterocycles. The number of carbonyl (C=O) groups excluding carboxylic acids is 1. The molecule has 14 heavy (non-hydrogen) atoms.